The molecule has 24 heavy (non-hydrogen) atoms. The van der Waals surface area contributed by atoms with Crippen molar-refractivity contribution in [1.82, 2.24) is 9.88 Å². The lowest BCUT2D eigenvalue weighted by Crippen LogP contribution is -2.29. The van der Waals surface area contributed by atoms with Gasteiger partial charge in [0.15, 0.2) is 5.13 Å². The minimum absolute atomic E-state index is 0.142. The summed E-state index contributed by atoms with van der Waals surface area (Å²) in [5, 5.41) is 5.30. The highest BCUT2D eigenvalue weighted by Crippen LogP contribution is 2.25. The molecule has 2 aromatic rings. The van der Waals surface area contributed by atoms with Gasteiger partial charge in [0.25, 0.3) is 5.91 Å². The van der Waals surface area contributed by atoms with E-state index in [-0.39, 0.29) is 11.8 Å². The molecule has 0 bridgehead atoms. The molecule has 5 nitrogen and oxygen atoms in total. The third-order valence-electron chi connectivity index (χ3n) is 3.78. The number of thiazole rings is 1. The SMILES string of the molecule is Cc1csc(NC(=O)c2ccccc2SCC(=O)N2CCCC2)n1. The van der Waals surface area contributed by atoms with Crippen LogP contribution < -0.4 is 5.32 Å². The fourth-order valence-electron chi connectivity index (χ4n) is 2.55. The number of likely N-dealkylation sites (tertiary alicyclic amines) is 1. The lowest BCUT2D eigenvalue weighted by atomic mass is 10.2. The molecular weight excluding hydrogens is 342 g/mol. The molecule has 0 unspecified atom stereocenters. The molecule has 1 saturated heterocycles. The van der Waals surface area contributed by atoms with Crippen LogP contribution in [0.5, 0.6) is 0 Å². The molecule has 0 atom stereocenters. The number of carbonyl (C=O) groups excluding carboxylic acids is 2. The molecule has 1 aliphatic rings. The van der Waals surface area contributed by atoms with Gasteiger partial charge in [-0.05, 0) is 31.9 Å². The van der Waals surface area contributed by atoms with E-state index < -0.39 is 0 Å². The lowest BCUT2D eigenvalue weighted by molar-refractivity contribution is -0.127. The van der Waals surface area contributed by atoms with Crippen LogP contribution in [0, 0.1) is 6.92 Å². The molecule has 0 aliphatic carbocycles. The van der Waals surface area contributed by atoms with Crippen LogP contribution in [0.1, 0.15) is 28.9 Å². The standard InChI is InChI=1S/C17H19N3O2S2/c1-12-10-24-17(18-12)19-16(22)13-6-2-3-7-14(13)23-11-15(21)20-8-4-5-9-20/h2-3,6-7,10H,4-5,8-9,11H2,1H3,(H,18,19,22). The summed E-state index contributed by atoms with van der Waals surface area (Å²) in [6, 6.07) is 7.36. The Balaban J connectivity index is 1.65. The number of nitrogens with zero attached hydrogens (tertiary/aromatic N) is 2. The van der Waals surface area contributed by atoms with Crippen molar-refractivity contribution in [3.05, 3.63) is 40.9 Å². The third-order valence-corrected chi connectivity index (χ3v) is 5.71. The van der Waals surface area contributed by atoms with Crippen LogP contribution in [0.4, 0.5) is 5.13 Å². The quantitative estimate of drug-likeness (QED) is 0.829. The number of amides is 2. The van der Waals surface area contributed by atoms with Crippen molar-refractivity contribution in [2.75, 3.05) is 24.2 Å². The van der Waals surface area contributed by atoms with Gasteiger partial charge in [-0.1, -0.05) is 12.1 Å². The summed E-state index contributed by atoms with van der Waals surface area (Å²) in [5.74, 6) is 0.310. The zero-order valence-corrected chi connectivity index (χ0v) is 15.1. The maximum Gasteiger partial charge on any atom is 0.258 e. The average molecular weight is 361 g/mol. The minimum Gasteiger partial charge on any atom is -0.342 e. The van der Waals surface area contributed by atoms with Gasteiger partial charge < -0.3 is 4.90 Å². The van der Waals surface area contributed by atoms with Crippen LogP contribution in [0.25, 0.3) is 0 Å². The molecule has 2 amide bonds. The van der Waals surface area contributed by atoms with Gasteiger partial charge in [0.2, 0.25) is 5.91 Å². The molecule has 2 heterocycles. The van der Waals surface area contributed by atoms with Crippen molar-refractivity contribution in [2.45, 2.75) is 24.7 Å². The first kappa shape index (κ1) is 17.0. The monoisotopic (exact) mass is 361 g/mol. The second-order valence-corrected chi connectivity index (χ2v) is 7.50. The van der Waals surface area contributed by atoms with E-state index in [1.807, 2.05) is 35.4 Å². The second kappa shape index (κ2) is 7.81. The number of anilines is 1. The Labute approximate surface area is 149 Å². The summed E-state index contributed by atoms with van der Waals surface area (Å²) in [7, 11) is 0. The first-order valence-electron chi connectivity index (χ1n) is 7.86. The van der Waals surface area contributed by atoms with Crippen molar-refractivity contribution in [3.63, 3.8) is 0 Å². The van der Waals surface area contributed by atoms with Crippen molar-refractivity contribution in [3.8, 4) is 0 Å². The van der Waals surface area contributed by atoms with Crippen LogP contribution in [-0.4, -0.2) is 40.5 Å². The zero-order valence-electron chi connectivity index (χ0n) is 13.4. The number of nitrogens with one attached hydrogen (secondary N) is 1. The number of aromatic nitrogens is 1. The predicted octanol–water partition coefficient (Wildman–Crippen LogP) is 3.42. The highest BCUT2D eigenvalue weighted by Gasteiger charge is 2.19. The fourth-order valence-corrected chi connectivity index (χ4v) is 4.19. The molecule has 0 radical (unpaired) electrons. The van der Waals surface area contributed by atoms with Crippen LogP contribution in [0.3, 0.4) is 0 Å². The summed E-state index contributed by atoms with van der Waals surface area (Å²) >= 11 is 2.82. The molecule has 0 saturated carbocycles. The number of hydrogen-bond donors (Lipinski definition) is 1. The van der Waals surface area contributed by atoms with Crippen molar-refractivity contribution in [1.29, 1.82) is 0 Å². The van der Waals surface area contributed by atoms with Crippen molar-refractivity contribution in [2.24, 2.45) is 0 Å². The van der Waals surface area contributed by atoms with Crippen LogP contribution >= 0.6 is 23.1 Å². The van der Waals surface area contributed by atoms with Gasteiger partial charge in [0.05, 0.1) is 17.0 Å². The summed E-state index contributed by atoms with van der Waals surface area (Å²) in [6.07, 6.45) is 2.17. The Morgan fingerprint density at radius 2 is 2.04 bits per heavy atom. The Kier molecular flexibility index (Phi) is 5.52. The molecule has 1 aliphatic heterocycles. The molecule has 1 aromatic carbocycles. The van der Waals surface area contributed by atoms with E-state index in [2.05, 4.69) is 10.3 Å². The smallest absolute Gasteiger partial charge is 0.258 e. The van der Waals surface area contributed by atoms with E-state index in [9.17, 15) is 9.59 Å². The van der Waals surface area contributed by atoms with Gasteiger partial charge in [-0.3, -0.25) is 14.9 Å². The number of aryl methyl sites for hydroxylation is 1. The number of benzene rings is 1. The number of carbonyl (C=O) groups is 2. The molecule has 1 N–H and O–H groups in total. The molecule has 7 heteroatoms. The van der Waals surface area contributed by atoms with E-state index in [0.29, 0.717) is 16.4 Å². The lowest BCUT2D eigenvalue weighted by Gasteiger charge is -2.15. The predicted molar refractivity (Wildman–Crippen MR) is 97.8 cm³/mol. The first-order valence-corrected chi connectivity index (χ1v) is 9.73. The summed E-state index contributed by atoms with van der Waals surface area (Å²) in [5.41, 5.74) is 1.46. The average Bonchev–Trinajstić information content (AvgIpc) is 3.25. The molecule has 0 spiro atoms. The fraction of sp³-hybridized carbons (Fsp3) is 0.353. The van der Waals surface area contributed by atoms with Gasteiger partial charge in [0.1, 0.15) is 0 Å². The minimum atomic E-state index is -0.193. The molecule has 1 aromatic heterocycles. The van der Waals surface area contributed by atoms with Crippen LogP contribution in [0.2, 0.25) is 0 Å². The van der Waals surface area contributed by atoms with E-state index in [1.165, 1.54) is 23.1 Å². The van der Waals surface area contributed by atoms with Crippen molar-refractivity contribution < 1.29 is 9.59 Å². The molecule has 3 rings (SSSR count). The van der Waals surface area contributed by atoms with Gasteiger partial charge in [0, 0.05) is 23.4 Å². The Morgan fingerprint density at radius 3 is 2.75 bits per heavy atom. The first-order chi connectivity index (χ1) is 11.6. The summed E-state index contributed by atoms with van der Waals surface area (Å²) < 4.78 is 0. The van der Waals surface area contributed by atoms with E-state index in [4.69, 9.17) is 0 Å². The van der Waals surface area contributed by atoms with Gasteiger partial charge in [-0.2, -0.15) is 0 Å². The van der Waals surface area contributed by atoms with E-state index in [1.54, 1.807) is 6.07 Å². The van der Waals surface area contributed by atoms with Crippen molar-refractivity contribution >= 4 is 40.0 Å². The second-order valence-electron chi connectivity index (χ2n) is 5.62. The number of thioether (sulfide) groups is 1. The molecular formula is C17H19N3O2S2. The Bertz CT molecular complexity index is 739. The van der Waals surface area contributed by atoms with E-state index >= 15 is 0 Å². The normalized spacial score (nSPS) is 14.0. The third kappa shape index (κ3) is 4.15. The maximum atomic E-state index is 12.5. The Morgan fingerprint density at radius 1 is 1.29 bits per heavy atom. The van der Waals surface area contributed by atoms with Gasteiger partial charge in [-0.25, -0.2) is 4.98 Å². The van der Waals surface area contributed by atoms with Crippen LogP contribution in [-0.2, 0) is 4.79 Å². The number of rotatable bonds is 5. The zero-order chi connectivity index (χ0) is 16.9. The summed E-state index contributed by atoms with van der Waals surface area (Å²) in [4.78, 5) is 31.6. The highest BCUT2D eigenvalue weighted by molar-refractivity contribution is 8.00. The van der Waals surface area contributed by atoms with Crippen LogP contribution in [0.15, 0.2) is 34.5 Å². The molecule has 126 valence electrons. The molecule has 1 fully saturated rings. The van der Waals surface area contributed by atoms with E-state index in [0.717, 1.165) is 36.5 Å². The Hall–Kier alpha value is -1.86. The largest absolute Gasteiger partial charge is 0.342 e. The summed E-state index contributed by atoms with van der Waals surface area (Å²) in [6.45, 7) is 3.59. The maximum absolute atomic E-state index is 12.5. The highest BCUT2D eigenvalue weighted by atomic mass is 32.2. The number of hydrogen-bond acceptors (Lipinski definition) is 5. The van der Waals surface area contributed by atoms with Gasteiger partial charge >= 0.3 is 0 Å². The van der Waals surface area contributed by atoms with Gasteiger partial charge in [-0.15, -0.1) is 23.1 Å². The topological polar surface area (TPSA) is 62.3 Å².